The maximum absolute atomic E-state index is 11.0. The van der Waals surface area contributed by atoms with E-state index in [9.17, 15) is 4.79 Å². The first-order valence-electron chi connectivity index (χ1n) is 5.50. The Kier molecular flexibility index (Phi) is 3.24. The molecule has 0 saturated carbocycles. The summed E-state index contributed by atoms with van der Waals surface area (Å²) < 4.78 is 0.0494. The average Bonchev–Trinajstić information content (AvgIpc) is 2.38. The first-order chi connectivity index (χ1) is 7.48. The first-order valence-corrected chi connectivity index (χ1v) is 6.58. The number of alkyl halides is 1. The Hall–Kier alpha value is -0.580. The van der Waals surface area contributed by atoms with E-state index >= 15 is 0 Å². The number of allylic oxidation sites excluding steroid dienone is 6. The number of halogens is 1. The first kappa shape index (κ1) is 11.9. The Morgan fingerprint density at radius 2 is 2.06 bits per heavy atom. The van der Waals surface area contributed by atoms with Gasteiger partial charge in [-0.25, -0.2) is 0 Å². The van der Waals surface area contributed by atoms with Crippen molar-refractivity contribution >= 4 is 28.6 Å². The second kappa shape index (κ2) is 4.35. The molecule has 0 aliphatic heterocycles. The molecule has 0 aromatic carbocycles. The van der Waals surface area contributed by atoms with Gasteiger partial charge in [0.15, 0.2) is 0 Å². The molecule has 2 aliphatic rings. The monoisotopic (exact) mass is 330 g/mol. The molecule has 1 N–H and O–H groups in total. The van der Waals surface area contributed by atoms with Crippen molar-refractivity contribution in [3.63, 3.8) is 0 Å². The lowest BCUT2D eigenvalue weighted by atomic mass is 9.84. The van der Waals surface area contributed by atoms with Crippen LogP contribution in [-0.2, 0) is 4.79 Å². The summed E-state index contributed by atoms with van der Waals surface area (Å²) in [7, 11) is 0. The third kappa shape index (κ3) is 2.56. The molecule has 0 aromatic rings. The van der Waals surface area contributed by atoms with Crippen LogP contribution in [-0.4, -0.2) is 14.5 Å². The number of hydrogen-bond acceptors (Lipinski definition) is 1. The second-order valence-corrected chi connectivity index (χ2v) is 6.97. The highest BCUT2D eigenvalue weighted by Gasteiger charge is 2.26. The molecule has 0 fully saturated rings. The molecule has 0 aromatic heterocycles. The predicted molar refractivity (Wildman–Crippen MR) is 72.7 cm³/mol. The summed E-state index contributed by atoms with van der Waals surface area (Å²) in [5.74, 6) is -0.860. The predicted octanol–water partition coefficient (Wildman–Crippen LogP) is 3.49. The molecule has 86 valence electrons. The lowest BCUT2D eigenvalue weighted by Crippen LogP contribution is -2.18. The van der Waals surface area contributed by atoms with Crippen LogP contribution in [0.2, 0.25) is 0 Å². The van der Waals surface area contributed by atoms with E-state index in [4.69, 9.17) is 5.11 Å². The van der Waals surface area contributed by atoms with Crippen LogP contribution in [0.25, 0.3) is 0 Å². The maximum Gasteiger partial charge on any atom is 0.306 e. The summed E-state index contributed by atoms with van der Waals surface area (Å²) in [5, 5.41) is 9.04. The van der Waals surface area contributed by atoms with Crippen molar-refractivity contribution < 1.29 is 9.90 Å². The van der Waals surface area contributed by atoms with Crippen molar-refractivity contribution in [2.75, 3.05) is 0 Å². The summed E-state index contributed by atoms with van der Waals surface area (Å²) in [6, 6.07) is 0. The third-order valence-corrected chi connectivity index (χ3v) is 3.93. The van der Waals surface area contributed by atoms with Crippen molar-refractivity contribution in [2.45, 2.75) is 29.6 Å². The number of rotatable bonds is 1. The molecule has 2 rings (SSSR count). The molecule has 0 spiro atoms. The van der Waals surface area contributed by atoms with Gasteiger partial charge in [0.2, 0.25) is 0 Å². The van der Waals surface area contributed by atoms with Crippen molar-refractivity contribution in [2.24, 2.45) is 5.92 Å². The van der Waals surface area contributed by atoms with Crippen LogP contribution < -0.4 is 0 Å². The summed E-state index contributed by atoms with van der Waals surface area (Å²) >= 11 is 2.39. The highest BCUT2D eigenvalue weighted by molar-refractivity contribution is 14.1. The fourth-order valence-corrected chi connectivity index (χ4v) is 2.51. The van der Waals surface area contributed by atoms with E-state index in [0.29, 0.717) is 6.42 Å². The number of carbonyl (C=O) groups is 1. The molecule has 0 saturated heterocycles. The molecular weight excluding hydrogens is 315 g/mol. The van der Waals surface area contributed by atoms with Gasteiger partial charge in [0, 0.05) is 0 Å². The van der Waals surface area contributed by atoms with Gasteiger partial charge >= 0.3 is 5.97 Å². The minimum atomic E-state index is -0.662. The fraction of sp³-hybridized carbons (Fsp3) is 0.462. The van der Waals surface area contributed by atoms with Crippen LogP contribution in [0.1, 0.15) is 26.2 Å². The summed E-state index contributed by atoms with van der Waals surface area (Å²) in [6.45, 7) is 2.15. The molecule has 0 bridgehead atoms. The van der Waals surface area contributed by atoms with Crippen molar-refractivity contribution in [3.05, 3.63) is 35.5 Å². The maximum atomic E-state index is 11.0. The number of hydrogen-bond donors (Lipinski definition) is 1. The van der Waals surface area contributed by atoms with Gasteiger partial charge in [0.05, 0.1) is 9.34 Å². The van der Waals surface area contributed by atoms with E-state index in [1.807, 2.05) is 0 Å². The standard InChI is InChI=1S/C13H15IO2/c1-13(14)6-4-9-2-3-11(12(15)16)8-10(9)5-7-13/h4-7,11H,2-3,8H2,1H3,(H,15,16). The minimum Gasteiger partial charge on any atom is -0.481 e. The van der Waals surface area contributed by atoms with Crippen molar-refractivity contribution in [3.8, 4) is 0 Å². The average molecular weight is 330 g/mol. The minimum absolute atomic E-state index is 0.0494. The Balaban J connectivity index is 2.25. The van der Waals surface area contributed by atoms with E-state index < -0.39 is 5.97 Å². The topological polar surface area (TPSA) is 37.3 Å². The summed E-state index contributed by atoms with van der Waals surface area (Å²) in [5.41, 5.74) is 2.52. The van der Waals surface area contributed by atoms with Crippen LogP contribution in [0.5, 0.6) is 0 Å². The molecule has 2 atom stereocenters. The zero-order valence-corrected chi connectivity index (χ0v) is 11.4. The number of carboxylic acid groups (broad SMARTS) is 1. The lowest BCUT2D eigenvalue weighted by molar-refractivity contribution is -0.142. The van der Waals surface area contributed by atoms with Gasteiger partial charge in [-0.05, 0) is 37.3 Å². The highest BCUT2D eigenvalue weighted by Crippen LogP contribution is 2.35. The van der Waals surface area contributed by atoms with Crippen LogP contribution >= 0.6 is 22.6 Å². The fourth-order valence-electron chi connectivity index (χ4n) is 2.15. The van der Waals surface area contributed by atoms with Gasteiger partial charge in [-0.15, -0.1) is 0 Å². The van der Waals surface area contributed by atoms with Crippen LogP contribution in [0, 0.1) is 5.92 Å². The van der Waals surface area contributed by atoms with Crippen LogP contribution in [0.4, 0.5) is 0 Å². The van der Waals surface area contributed by atoms with Gasteiger partial charge in [0.25, 0.3) is 0 Å². The van der Waals surface area contributed by atoms with Gasteiger partial charge in [0.1, 0.15) is 0 Å². The number of aliphatic carboxylic acids is 1. The van der Waals surface area contributed by atoms with Crippen LogP contribution in [0.15, 0.2) is 35.5 Å². The smallest absolute Gasteiger partial charge is 0.306 e. The van der Waals surface area contributed by atoms with E-state index in [1.54, 1.807) is 0 Å². The van der Waals surface area contributed by atoms with Crippen molar-refractivity contribution in [1.82, 2.24) is 0 Å². The molecule has 2 nitrogen and oxygen atoms in total. The molecule has 16 heavy (non-hydrogen) atoms. The van der Waals surface area contributed by atoms with E-state index in [1.165, 1.54) is 11.1 Å². The molecule has 0 heterocycles. The highest BCUT2D eigenvalue weighted by atomic mass is 127. The Morgan fingerprint density at radius 3 is 2.69 bits per heavy atom. The largest absolute Gasteiger partial charge is 0.481 e. The quantitative estimate of drug-likeness (QED) is 0.590. The molecular formula is C13H15IO2. The summed E-state index contributed by atoms with van der Waals surface area (Å²) in [4.78, 5) is 11.0. The Morgan fingerprint density at radius 1 is 1.44 bits per heavy atom. The molecule has 0 amide bonds. The lowest BCUT2D eigenvalue weighted by Gasteiger charge is -2.21. The zero-order valence-electron chi connectivity index (χ0n) is 9.24. The normalized spacial score (nSPS) is 33.5. The van der Waals surface area contributed by atoms with E-state index in [-0.39, 0.29) is 9.34 Å². The van der Waals surface area contributed by atoms with Gasteiger partial charge < -0.3 is 5.11 Å². The van der Waals surface area contributed by atoms with Gasteiger partial charge in [-0.2, -0.15) is 0 Å². The SMILES string of the molecule is CC1(I)C=CC2=C(C=C1)CC(C(=O)O)CC2. The molecule has 3 heteroatoms. The van der Waals surface area contributed by atoms with Gasteiger partial charge in [-0.3, -0.25) is 4.79 Å². The molecule has 2 aliphatic carbocycles. The summed E-state index contributed by atoms with van der Waals surface area (Å²) in [6.07, 6.45) is 10.9. The van der Waals surface area contributed by atoms with E-state index in [0.717, 1.165) is 12.8 Å². The third-order valence-electron chi connectivity index (χ3n) is 3.21. The van der Waals surface area contributed by atoms with Crippen LogP contribution in [0.3, 0.4) is 0 Å². The number of carboxylic acids is 1. The van der Waals surface area contributed by atoms with E-state index in [2.05, 4.69) is 53.8 Å². The Bertz CT molecular complexity index is 402. The zero-order chi connectivity index (χ0) is 11.8. The van der Waals surface area contributed by atoms with Gasteiger partial charge in [-0.1, -0.05) is 46.9 Å². The molecule has 2 unspecified atom stereocenters. The molecule has 0 radical (unpaired) electrons. The van der Waals surface area contributed by atoms with Crippen molar-refractivity contribution in [1.29, 1.82) is 0 Å². The second-order valence-electron chi connectivity index (χ2n) is 4.65. The Labute approximate surface area is 109 Å².